The summed E-state index contributed by atoms with van der Waals surface area (Å²) < 4.78 is 21.4. The predicted molar refractivity (Wildman–Crippen MR) is 103 cm³/mol. The van der Waals surface area contributed by atoms with Crippen LogP contribution in [0.2, 0.25) is 0 Å². The molecular weight excluding hydrogens is 348 g/mol. The van der Waals surface area contributed by atoms with E-state index in [2.05, 4.69) is 10.6 Å². The molecule has 0 heterocycles. The number of urea groups is 1. The van der Waals surface area contributed by atoms with Gasteiger partial charge in [-0.15, -0.1) is 0 Å². The number of hydrogen-bond donors (Lipinski definition) is 2. The van der Waals surface area contributed by atoms with Gasteiger partial charge in [0.1, 0.15) is 18.1 Å². The first-order valence-corrected chi connectivity index (χ1v) is 8.74. The molecule has 0 spiro atoms. The van der Waals surface area contributed by atoms with Crippen molar-refractivity contribution in [1.29, 1.82) is 0 Å². The van der Waals surface area contributed by atoms with Crippen molar-refractivity contribution in [3.8, 4) is 23.0 Å². The molecule has 0 aliphatic rings. The topological polar surface area (TPSA) is 78.1 Å². The fourth-order valence-electron chi connectivity index (χ4n) is 2.35. The molecule has 0 aliphatic carbocycles. The second-order valence-corrected chi connectivity index (χ2v) is 5.55. The molecule has 0 fully saturated rings. The summed E-state index contributed by atoms with van der Waals surface area (Å²) in [4.78, 5) is 11.9. The second kappa shape index (κ2) is 10.8. The third-order valence-electron chi connectivity index (χ3n) is 3.70. The summed E-state index contributed by atoms with van der Waals surface area (Å²) >= 11 is 0. The van der Waals surface area contributed by atoms with Crippen molar-refractivity contribution in [3.05, 3.63) is 48.0 Å². The van der Waals surface area contributed by atoms with E-state index in [0.717, 1.165) is 17.1 Å². The SMILES string of the molecule is CCOc1ccc(CNC(=O)NCCOc2ccc(OC)cc2)cc1OC. The van der Waals surface area contributed by atoms with E-state index in [1.807, 2.05) is 49.4 Å². The number of amides is 2. The molecule has 0 bridgehead atoms. The maximum atomic E-state index is 11.9. The molecular formula is C20H26N2O5. The Morgan fingerprint density at radius 1 is 0.889 bits per heavy atom. The van der Waals surface area contributed by atoms with Crippen molar-refractivity contribution < 1.29 is 23.7 Å². The highest BCUT2D eigenvalue weighted by Crippen LogP contribution is 2.27. The summed E-state index contributed by atoms with van der Waals surface area (Å²) in [5, 5.41) is 5.55. The molecule has 0 saturated carbocycles. The Kier molecular flexibility index (Phi) is 8.09. The minimum absolute atomic E-state index is 0.263. The zero-order chi connectivity index (χ0) is 19.5. The van der Waals surface area contributed by atoms with Crippen LogP contribution in [-0.4, -0.2) is 40.0 Å². The maximum absolute atomic E-state index is 11.9. The highest BCUT2D eigenvalue weighted by molar-refractivity contribution is 5.73. The van der Waals surface area contributed by atoms with Crippen LogP contribution in [0.4, 0.5) is 4.79 Å². The van der Waals surface area contributed by atoms with Gasteiger partial charge in [-0.25, -0.2) is 4.79 Å². The van der Waals surface area contributed by atoms with E-state index in [1.165, 1.54) is 0 Å². The molecule has 2 amide bonds. The predicted octanol–water partition coefficient (Wildman–Crippen LogP) is 2.98. The van der Waals surface area contributed by atoms with Gasteiger partial charge in [0.25, 0.3) is 0 Å². The van der Waals surface area contributed by atoms with Gasteiger partial charge in [0.15, 0.2) is 11.5 Å². The lowest BCUT2D eigenvalue weighted by molar-refractivity contribution is 0.236. The van der Waals surface area contributed by atoms with Crippen molar-refractivity contribution in [2.45, 2.75) is 13.5 Å². The Morgan fingerprint density at radius 3 is 2.30 bits per heavy atom. The minimum atomic E-state index is -0.263. The fourth-order valence-corrected chi connectivity index (χ4v) is 2.35. The highest BCUT2D eigenvalue weighted by Gasteiger charge is 2.06. The summed E-state index contributed by atoms with van der Waals surface area (Å²) in [5.41, 5.74) is 0.917. The minimum Gasteiger partial charge on any atom is -0.497 e. The van der Waals surface area contributed by atoms with Gasteiger partial charge < -0.3 is 29.6 Å². The van der Waals surface area contributed by atoms with E-state index in [0.29, 0.717) is 37.8 Å². The third-order valence-corrected chi connectivity index (χ3v) is 3.70. The smallest absolute Gasteiger partial charge is 0.315 e. The maximum Gasteiger partial charge on any atom is 0.315 e. The molecule has 7 heteroatoms. The van der Waals surface area contributed by atoms with Gasteiger partial charge in [0.05, 0.1) is 27.4 Å². The largest absolute Gasteiger partial charge is 0.497 e. The normalized spacial score (nSPS) is 10.0. The average Bonchev–Trinajstić information content (AvgIpc) is 2.71. The molecule has 146 valence electrons. The summed E-state index contributed by atoms with van der Waals surface area (Å²) in [6.45, 7) is 3.63. The zero-order valence-electron chi connectivity index (χ0n) is 15.9. The van der Waals surface area contributed by atoms with Gasteiger partial charge in [-0.1, -0.05) is 6.07 Å². The number of nitrogens with one attached hydrogen (secondary N) is 2. The van der Waals surface area contributed by atoms with Crippen LogP contribution in [0.3, 0.4) is 0 Å². The average molecular weight is 374 g/mol. The van der Waals surface area contributed by atoms with E-state index < -0.39 is 0 Å². The van der Waals surface area contributed by atoms with Gasteiger partial charge in [-0.3, -0.25) is 0 Å². The third kappa shape index (κ3) is 6.62. The van der Waals surface area contributed by atoms with Gasteiger partial charge in [0.2, 0.25) is 0 Å². The Bertz CT molecular complexity index is 719. The van der Waals surface area contributed by atoms with Crippen molar-refractivity contribution in [2.75, 3.05) is 34.0 Å². The lowest BCUT2D eigenvalue weighted by Gasteiger charge is -2.12. The Labute approximate surface area is 159 Å². The van der Waals surface area contributed by atoms with Crippen molar-refractivity contribution >= 4 is 6.03 Å². The first-order chi connectivity index (χ1) is 13.2. The molecule has 0 atom stereocenters. The standard InChI is InChI=1S/C20H26N2O5/c1-4-26-18-10-5-15(13-19(18)25-3)14-22-20(23)21-11-12-27-17-8-6-16(24-2)7-9-17/h5-10,13H,4,11-12,14H2,1-3H3,(H2,21,22,23). The number of rotatable bonds is 10. The Balaban J connectivity index is 1.69. The van der Waals surface area contributed by atoms with Crippen LogP contribution in [0.5, 0.6) is 23.0 Å². The quantitative estimate of drug-likeness (QED) is 0.625. The van der Waals surface area contributed by atoms with Crippen LogP contribution in [0.1, 0.15) is 12.5 Å². The number of benzene rings is 2. The molecule has 2 aromatic rings. The molecule has 0 unspecified atom stereocenters. The van der Waals surface area contributed by atoms with E-state index >= 15 is 0 Å². The van der Waals surface area contributed by atoms with E-state index in [4.69, 9.17) is 18.9 Å². The van der Waals surface area contributed by atoms with Crippen LogP contribution < -0.4 is 29.6 Å². The summed E-state index contributed by atoms with van der Waals surface area (Å²) in [6, 6.07) is 12.6. The van der Waals surface area contributed by atoms with Crippen LogP contribution in [0.25, 0.3) is 0 Å². The molecule has 2 aromatic carbocycles. The molecule has 0 aliphatic heterocycles. The number of methoxy groups -OCH3 is 2. The lowest BCUT2D eigenvalue weighted by Crippen LogP contribution is -2.37. The fraction of sp³-hybridized carbons (Fsp3) is 0.350. The molecule has 27 heavy (non-hydrogen) atoms. The van der Waals surface area contributed by atoms with Crippen molar-refractivity contribution in [1.82, 2.24) is 10.6 Å². The molecule has 2 N–H and O–H groups in total. The first kappa shape index (κ1) is 20.2. The van der Waals surface area contributed by atoms with Gasteiger partial charge in [0, 0.05) is 6.54 Å². The van der Waals surface area contributed by atoms with Gasteiger partial charge in [-0.05, 0) is 48.9 Å². The van der Waals surface area contributed by atoms with Gasteiger partial charge in [-0.2, -0.15) is 0 Å². The first-order valence-electron chi connectivity index (χ1n) is 8.74. The van der Waals surface area contributed by atoms with E-state index in [1.54, 1.807) is 14.2 Å². The Morgan fingerprint density at radius 2 is 1.63 bits per heavy atom. The summed E-state index contributed by atoms with van der Waals surface area (Å²) in [7, 11) is 3.20. The number of carbonyl (C=O) groups is 1. The van der Waals surface area contributed by atoms with Crippen LogP contribution in [0, 0.1) is 0 Å². The number of carbonyl (C=O) groups excluding carboxylic acids is 1. The van der Waals surface area contributed by atoms with E-state index in [9.17, 15) is 4.79 Å². The van der Waals surface area contributed by atoms with Crippen LogP contribution >= 0.6 is 0 Å². The van der Waals surface area contributed by atoms with Crippen molar-refractivity contribution in [2.24, 2.45) is 0 Å². The molecule has 0 radical (unpaired) electrons. The number of hydrogen-bond acceptors (Lipinski definition) is 5. The molecule has 7 nitrogen and oxygen atoms in total. The van der Waals surface area contributed by atoms with E-state index in [-0.39, 0.29) is 6.03 Å². The molecule has 2 rings (SSSR count). The molecule has 0 saturated heterocycles. The second-order valence-electron chi connectivity index (χ2n) is 5.55. The molecule has 0 aromatic heterocycles. The Hall–Kier alpha value is -3.09. The monoisotopic (exact) mass is 374 g/mol. The lowest BCUT2D eigenvalue weighted by atomic mass is 10.2. The van der Waals surface area contributed by atoms with Crippen molar-refractivity contribution in [3.63, 3.8) is 0 Å². The summed E-state index contributed by atoms with van der Waals surface area (Å²) in [6.07, 6.45) is 0. The van der Waals surface area contributed by atoms with Crippen LogP contribution in [-0.2, 0) is 6.54 Å². The van der Waals surface area contributed by atoms with Gasteiger partial charge >= 0.3 is 6.03 Å². The van der Waals surface area contributed by atoms with Crippen LogP contribution in [0.15, 0.2) is 42.5 Å². The number of ether oxygens (including phenoxy) is 4. The summed E-state index contributed by atoms with van der Waals surface area (Å²) in [5.74, 6) is 2.82. The highest BCUT2D eigenvalue weighted by atomic mass is 16.5. The zero-order valence-corrected chi connectivity index (χ0v) is 15.9.